The van der Waals surface area contributed by atoms with E-state index in [9.17, 15) is 9.59 Å². The van der Waals surface area contributed by atoms with Crippen molar-refractivity contribution in [3.8, 4) is 0 Å². The van der Waals surface area contributed by atoms with E-state index in [2.05, 4.69) is 0 Å². The summed E-state index contributed by atoms with van der Waals surface area (Å²) in [4.78, 5) is 20.2. The summed E-state index contributed by atoms with van der Waals surface area (Å²) in [6, 6.07) is 0. The van der Waals surface area contributed by atoms with Crippen LogP contribution in [0.3, 0.4) is 0 Å². The summed E-state index contributed by atoms with van der Waals surface area (Å²) in [5.41, 5.74) is 0. The maximum atomic E-state index is 10.1. The Morgan fingerprint density at radius 2 is 1.56 bits per heavy atom. The van der Waals surface area contributed by atoms with Gasteiger partial charge in [0.25, 0.3) is 0 Å². The molecule has 0 amide bonds. The van der Waals surface area contributed by atoms with Crippen LogP contribution in [-0.2, 0) is 9.59 Å². The first kappa shape index (κ1) is 8.94. The molecule has 0 aromatic heterocycles. The van der Waals surface area contributed by atoms with Gasteiger partial charge in [-0.25, -0.2) is 0 Å². The van der Waals surface area contributed by atoms with E-state index in [1.54, 1.807) is 0 Å². The molecular weight excluding hydrogens is 135 g/mol. The van der Waals surface area contributed by atoms with E-state index in [1.165, 1.54) is 6.92 Å². The number of hydrogen-bond donors (Lipinski definition) is 2. The number of carboxylic acid groups (broad SMARTS) is 2. The summed E-state index contributed by atoms with van der Waals surface area (Å²) < 4.78 is -1.53. The van der Waals surface area contributed by atoms with Crippen molar-refractivity contribution < 1.29 is 19.8 Å². The zero-order chi connectivity index (χ0) is 7.65. The van der Waals surface area contributed by atoms with Gasteiger partial charge in [-0.1, -0.05) is 0 Å². The molecule has 0 aliphatic carbocycles. The third-order valence-electron chi connectivity index (χ3n) is 1.07. The Morgan fingerprint density at radius 3 is 1.56 bits per heavy atom. The Bertz CT molecular complexity index is 135. The number of carboxylic acids is 2. The molecule has 46 valence electrons. The average Bonchev–Trinajstić information content (AvgIpc) is 1.65. The van der Waals surface area contributed by atoms with Gasteiger partial charge in [-0.3, -0.25) is 0 Å². The molecule has 0 radical (unpaired) electrons. The Morgan fingerprint density at radius 1 is 1.33 bits per heavy atom. The molecule has 0 unspecified atom stereocenters. The first-order valence-electron chi connectivity index (χ1n) is 2.36. The fraction of sp³-hybridized carbons (Fsp3) is 0.500. The molecule has 0 rings (SSSR count). The van der Waals surface area contributed by atoms with E-state index in [1.807, 2.05) is 0 Å². The van der Waals surface area contributed by atoms with Crippen LogP contribution in [0, 0.1) is 0 Å². The van der Waals surface area contributed by atoms with Gasteiger partial charge in [0, 0.05) is 0 Å². The van der Waals surface area contributed by atoms with Crippen molar-refractivity contribution in [1.29, 1.82) is 0 Å². The molecule has 0 bridgehead atoms. The summed E-state index contributed by atoms with van der Waals surface area (Å²) in [7, 11) is 0. The Kier molecular flexibility index (Phi) is 2.66. The second-order valence-electron chi connectivity index (χ2n) is 2.24. The Hall–Kier alpha value is -0.0600. The van der Waals surface area contributed by atoms with Crippen LogP contribution in [0.5, 0.6) is 0 Å². The molecule has 0 aromatic rings. The summed E-state index contributed by atoms with van der Waals surface area (Å²) in [6.07, 6.45) is 0. The van der Waals surface area contributed by atoms with Crippen molar-refractivity contribution in [3.63, 3.8) is 0 Å². The summed E-state index contributed by atoms with van der Waals surface area (Å²) in [5, 5.41) is 16.5. The standard InChI is InChI=1S/C4H5O4.Na/c1-2(3(5)6)4(7)8;/h1H3,(H,5,6)(H,7,8);. The molecule has 0 saturated heterocycles. The van der Waals surface area contributed by atoms with Gasteiger partial charge in [0.15, 0.2) is 0 Å². The third-order valence-corrected chi connectivity index (χ3v) is 1.92. The summed E-state index contributed by atoms with van der Waals surface area (Å²) >= 11 is 0.118. The topological polar surface area (TPSA) is 74.6 Å². The Labute approximate surface area is 69.3 Å². The van der Waals surface area contributed by atoms with Gasteiger partial charge in [0.05, 0.1) is 0 Å². The van der Waals surface area contributed by atoms with Crippen LogP contribution in [0.4, 0.5) is 0 Å². The van der Waals surface area contributed by atoms with Crippen LogP contribution < -0.4 is 0 Å². The second kappa shape index (κ2) is 2.68. The average molecular weight is 140 g/mol. The minimum absolute atomic E-state index is 0.118. The first-order valence-corrected chi connectivity index (χ1v) is 3.36. The van der Waals surface area contributed by atoms with Gasteiger partial charge >= 0.3 is 69.3 Å². The molecule has 0 atom stereocenters. The van der Waals surface area contributed by atoms with E-state index in [-0.39, 0.29) is 27.9 Å². The van der Waals surface area contributed by atoms with Gasteiger partial charge < -0.3 is 0 Å². The molecule has 0 fully saturated rings. The number of hydrogen-bond acceptors (Lipinski definition) is 2. The molecule has 0 heterocycles. The maximum absolute atomic E-state index is 10.1. The molecule has 0 aromatic carbocycles. The van der Waals surface area contributed by atoms with Crippen LogP contribution >= 0.6 is 0 Å². The van der Waals surface area contributed by atoms with Crippen molar-refractivity contribution in [2.45, 2.75) is 9.59 Å². The summed E-state index contributed by atoms with van der Waals surface area (Å²) in [6.45, 7) is 1.20. The zero-order valence-electron chi connectivity index (χ0n) is 5.21. The van der Waals surface area contributed by atoms with Crippen molar-refractivity contribution in [3.05, 3.63) is 0 Å². The van der Waals surface area contributed by atoms with E-state index in [0.29, 0.717) is 0 Å². The van der Waals surface area contributed by atoms with Crippen molar-refractivity contribution in [2.75, 3.05) is 0 Å². The second-order valence-corrected chi connectivity index (χ2v) is 4.24. The third kappa shape index (κ3) is 1.97. The first-order chi connectivity index (χ1) is 3.89. The molecule has 4 nitrogen and oxygen atoms in total. The number of carbonyl (C=O) groups is 2. The molecule has 9 heavy (non-hydrogen) atoms. The van der Waals surface area contributed by atoms with Crippen LogP contribution in [0.15, 0.2) is 0 Å². The monoisotopic (exact) mass is 140 g/mol. The predicted molar refractivity (Wildman–Crippen MR) is 29.4 cm³/mol. The SMILES string of the molecule is C[C]([Na])(C(=O)O)C(=O)O. The fourth-order valence-corrected chi connectivity index (χ4v) is 0.0915. The van der Waals surface area contributed by atoms with Gasteiger partial charge in [-0.05, 0) is 0 Å². The molecule has 2 N–H and O–H groups in total. The van der Waals surface area contributed by atoms with E-state index in [0.717, 1.165) is 0 Å². The van der Waals surface area contributed by atoms with Gasteiger partial charge in [-0.2, -0.15) is 0 Å². The van der Waals surface area contributed by atoms with Crippen LogP contribution in [-0.4, -0.2) is 50.1 Å². The predicted octanol–water partition coefficient (Wildman–Crippen LogP) is -0.497. The van der Waals surface area contributed by atoms with E-state index in [4.69, 9.17) is 10.2 Å². The van der Waals surface area contributed by atoms with Crippen LogP contribution in [0.25, 0.3) is 0 Å². The molecular formula is C4H5NaO4. The number of aliphatic carboxylic acids is 2. The molecule has 0 saturated carbocycles. The van der Waals surface area contributed by atoms with Crippen LogP contribution in [0.1, 0.15) is 6.92 Å². The van der Waals surface area contributed by atoms with Gasteiger partial charge in [-0.15, -0.1) is 0 Å². The molecule has 0 aliphatic rings. The van der Waals surface area contributed by atoms with Crippen molar-refractivity contribution in [1.82, 2.24) is 0 Å². The minimum atomic E-state index is -1.53. The van der Waals surface area contributed by atoms with Crippen molar-refractivity contribution >= 4 is 39.9 Å². The summed E-state index contributed by atoms with van der Waals surface area (Å²) in [5.74, 6) is -2.52. The van der Waals surface area contributed by atoms with Crippen LogP contribution in [0.2, 0.25) is 2.66 Å². The van der Waals surface area contributed by atoms with Gasteiger partial charge in [0.1, 0.15) is 0 Å². The fourth-order valence-electron chi connectivity index (χ4n) is 0.0915. The molecule has 0 aliphatic heterocycles. The van der Waals surface area contributed by atoms with E-state index < -0.39 is 14.6 Å². The van der Waals surface area contributed by atoms with Crippen molar-refractivity contribution in [2.24, 2.45) is 0 Å². The van der Waals surface area contributed by atoms with Gasteiger partial charge in [0.2, 0.25) is 0 Å². The Balaban J connectivity index is 4.38. The normalized spacial score (nSPS) is 11.0. The number of rotatable bonds is 2. The quantitative estimate of drug-likeness (QED) is 0.400. The zero-order valence-corrected chi connectivity index (χ0v) is 7.21. The van der Waals surface area contributed by atoms with E-state index >= 15 is 0 Å². The molecule has 5 heteroatoms. The molecule has 0 spiro atoms.